The van der Waals surface area contributed by atoms with Gasteiger partial charge in [0.05, 0.1) is 6.61 Å². The monoisotopic (exact) mass is 333 g/mol. The zero-order valence-electron chi connectivity index (χ0n) is 13.8. The molecule has 0 fully saturated rings. The Balaban J connectivity index is 0.000000224. The summed E-state index contributed by atoms with van der Waals surface area (Å²) in [6.45, 7) is 5.35. The van der Waals surface area contributed by atoms with Crippen LogP contribution in [0.3, 0.4) is 0 Å². The Morgan fingerprint density at radius 3 is 2.42 bits per heavy atom. The molecule has 6 heteroatoms. The zero-order chi connectivity index (χ0) is 17.5. The van der Waals surface area contributed by atoms with E-state index in [9.17, 15) is 9.59 Å². The molecule has 0 atom stereocenters. The number of aliphatic carboxylic acids is 2. The van der Waals surface area contributed by atoms with Crippen LogP contribution in [0.15, 0.2) is 18.2 Å². The number of fused-ring (bicyclic) bond motifs is 2. The number of nitrogens with one attached hydrogen (secondary N) is 1. The summed E-state index contributed by atoms with van der Waals surface area (Å²) < 4.78 is 5.84. The third-order valence-electron chi connectivity index (χ3n) is 4.15. The van der Waals surface area contributed by atoms with E-state index in [4.69, 9.17) is 14.9 Å². The first-order valence-corrected chi connectivity index (χ1v) is 8.10. The van der Waals surface area contributed by atoms with Crippen molar-refractivity contribution in [3.05, 3.63) is 40.5 Å². The molecule has 2 aliphatic rings. The van der Waals surface area contributed by atoms with E-state index in [0.717, 1.165) is 26.1 Å². The molecule has 0 saturated carbocycles. The fourth-order valence-electron chi connectivity index (χ4n) is 3.08. The van der Waals surface area contributed by atoms with Crippen molar-refractivity contribution in [1.29, 1.82) is 0 Å². The molecule has 0 aliphatic carbocycles. The molecule has 0 saturated heterocycles. The Labute approximate surface area is 141 Å². The maximum absolute atomic E-state index is 9.55. The third-order valence-corrected chi connectivity index (χ3v) is 4.15. The molecule has 6 nitrogen and oxygen atoms in total. The van der Waals surface area contributed by atoms with Crippen molar-refractivity contribution in [2.75, 3.05) is 19.7 Å². The second-order valence-electron chi connectivity index (χ2n) is 5.84. The van der Waals surface area contributed by atoms with Crippen LogP contribution in [-0.4, -0.2) is 41.8 Å². The standard InChI is InChI=1S/C14H19NO.C4H4O4/c1-10-13-5-7-15-6-4-11(13)9-12-3-2-8-16-14(10)12;5-3(6)1-2-4(7)8/h9,15H,2-8H2,1H3;1-2H,(H,5,6)(H,7,8)/b;2-1+. The summed E-state index contributed by atoms with van der Waals surface area (Å²) in [7, 11) is 0. The van der Waals surface area contributed by atoms with E-state index in [0.29, 0.717) is 12.2 Å². The molecule has 0 bridgehead atoms. The molecule has 2 heterocycles. The lowest BCUT2D eigenvalue weighted by Crippen LogP contribution is -2.16. The maximum Gasteiger partial charge on any atom is 0.328 e. The summed E-state index contributed by atoms with van der Waals surface area (Å²) in [5, 5.41) is 19.1. The average molecular weight is 333 g/mol. The van der Waals surface area contributed by atoms with Gasteiger partial charge in [-0.3, -0.25) is 0 Å². The normalized spacial score (nSPS) is 16.0. The number of carbonyl (C=O) groups is 2. The highest BCUT2D eigenvalue weighted by atomic mass is 16.5. The van der Waals surface area contributed by atoms with Gasteiger partial charge in [0.1, 0.15) is 5.75 Å². The van der Waals surface area contributed by atoms with Crippen molar-refractivity contribution in [1.82, 2.24) is 5.32 Å². The largest absolute Gasteiger partial charge is 0.493 e. The molecule has 0 spiro atoms. The van der Waals surface area contributed by atoms with E-state index in [1.165, 1.54) is 41.7 Å². The summed E-state index contributed by atoms with van der Waals surface area (Å²) >= 11 is 0. The Kier molecular flexibility index (Phi) is 6.37. The van der Waals surface area contributed by atoms with Crippen molar-refractivity contribution >= 4 is 11.9 Å². The van der Waals surface area contributed by atoms with Gasteiger partial charge in [-0.15, -0.1) is 0 Å². The van der Waals surface area contributed by atoms with E-state index < -0.39 is 11.9 Å². The lowest BCUT2D eigenvalue weighted by atomic mass is 9.91. The highest BCUT2D eigenvalue weighted by molar-refractivity contribution is 5.89. The average Bonchev–Trinajstić information content (AvgIpc) is 2.79. The molecule has 0 unspecified atom stereocenters. The number of hydrogen-bond acceptors (Lipinski definition) is 4. The highest BCUT2D eigenvalue weighted by Crippen LogP contribution is 2.34. The molecular weight excluding hydrogens is 310 g/mol. The van der Waals surface area contributed by atoms with Crippen molar-refractivity contribution < 1.29 is 24.5 Å². The van der Waals surface area contributed by atoms with E-state index in [2.05, 4.69) is 18.3 Å². The maximum atomic E-state index is 9.55. The first-order valence-electron chi connectivity index (χ1n) is 8.10. The summed E-state index contributed by atoms with van der Waals surface area (Å²) in [5.74, 6) is -1.33. The first kappa shape index (κ1) is 18.0. The van der Waals surface area contributed by atoms with Crippen LogP contribution in [0.1, 0.15) is 28.7 Å². The lowest BCUT2D eigenvalue weighted by molar-refractivity contribution is -0.134. The van der Waals surface area contributed by atoms with Crippen LogP contribution in [0.5, 0.6) is 5.75 Å². The smallest absolute Gasteiger partial charge is 0.328 e. The van der Waals surface area contributed by atoms with Gasteiger partial charge in [-0.25, -0.2) is 9.59 Å². The van der Waals surface area contributed by atoms with Crippen LogP contribution < -0.4 is 10.1 Å². The predicted octanol–water partition coefficient (Wildman–Crippen LogP) is 1.72. The zero-order valence-corrected chi connectivity index (χ0v) is 13.8. The molecule has 0 radical (unpaired) electrons. The summed E-state index contributed by atoms with van der Waals surface area (Å²) in [6, 6.07) is 2.39. The second kappa shape index (κ2) is 8.49. The molecule has 1 aromatic carbocycles. The minimum absolute atomic E-state index is 0.558. The van der Waals surface area contributed by atoms with Crippen molar-refractivity contribution in [3.8, 4) is 5.75 Å². The van der Waals surface area contributed by atoms with Crippen molar-refractivity contribution in [3.63, 3.8) is 0 Å². The number of benzene rings is 1. The molecule has 130 valence electrons. The lowest BCUT2D eigenvalue weighted by Gasteiger charge is -2.23. The fourth-order valence-corrected chi connectivity index (χ4v) is 3.08. The molecule has 2 aliphatic heterocycles. The van der Waals surface area contributed by atoms with E-state index in [1.54, 1.807) is 5.56 Å². The van der Waals surface area contributed by atoms with Crippen molar-refractivity contribution in [2.24, 2.45) is 0 Å². The van der Waals surface area contributed by atoms with Gasteiger partial charge in [-0.2, -0.15) is 0 Å². The van der Waals surface area contributed by atoms with Gasteiger partial charge in [0.15, 0.2) is 0 Å². The van der Waals surface area contributed by atoms with E-state index in [1.807, 2.05) is 0 Å². The van der Waals surface area contributed by atoms with Gasteiger partial charge in [0, 0.05) is 12.2 Å². The highest BCUT2D eigenvalue weighted by Gasteiger charge is 2.19. The molecule has 1 aromatic rings. The SMILES string of the molecule is Cc1c2c(cc3c1OCCC3)CCNCC2.O=C(O)/C=C/C(=O)O. The number of rotatable bonds is 2. The first-order chi connectivity index (χ1) is 11.5. The van der Waals surface area contributed by atoms with Gasteiger partial charge in [-0.05, 0) is 68.0 Å². The van der Waals surface area contributed by atoms with Crippen LogP contribution in [0.2, 0.25) is 0 Å². The van der Waals surface area contributed by atoms with Gasteiger partial charge < -0.3 is 20.3 Å². The number of ether oxygens (including phenoxy) is 1. The summed E-state index contributed by atoms with van der Waals surface area (Å²) in [5.41, 5.74) is 5.91. The third kappa shape index (κ3) is 4.83. The fraction of sp³-hybridized carbons (Fsp3) is 0.444. The summed E-state index contributed by atoms with van der Waals surface area (Å²) in [6.07, 6.45) is 5.80. The number of hydrogen-bond donors (Lipinski definition) is 3. The van der Waals surface area contributed by atoms with Gasteiger partial charge in [0.25, 0.3) is 0 Å². The molecule has 0 aromatic heterocycles. The molecule has 24 heavy (non-hydrogen) atoms. The Bertz CT molecular complexity index is 635. The minimum atomic E-state index is -1.26. The molecule has 3 rings (SSSR count). The van der Waals surface area contributed by atoms with Gasteiger partial charge in [0.2, 0.25) is 0 Å². The number of aryl methyl sites for hydroxylation is 1. The van der Waals surface area contributed by atoms with E-state index >= 15 is 0 Å². The quantitative estimate of drug-likeness (QED) is 0.713. The second-order valence-corrected chi connectivity index (χ2v) is 5.84. The van der Waals surface area contributed by atoms with Crippen LogP contribution in [0, 0.1) is 6.92 Å². The van der Waals surface area contributed by atoms with Gasteiger partial charge >= 0.3 is 11.9 Å². The predicted molar refractivity (Wildman–Crippen MR) is 89.7 cm³/mol. The van der Waals surface area contributed by atoms with Crippen LogP contribution in [-0.2, 0) is 28.9 Å². The number of carboxylic acid groups (broad SMARTS) is 2. The van der Waals surface area contributed by atoms with Crippen LogP contribution in [0.25, 0.3) is 0 Å². The molecular formula is C18H23NO5. The topological polar surface area (TPSA) is 95.9 Å². The van der Waals surface area contributed by atoms with Crippen LogP contribution >= 0.6 is 0 Å². The Morgan fingerprint density at radius 2 is 1.75 bits per heavy atom. The van der Waals surface area contributed by atoms with E-state index in [-0.39, 0.29) is 0 Å². The number of carboxylic acids is 2. The molecule has 3 N–H and O–H groups in total. The Hall–Kier alpha value is -2.34. The Morgan fingerprint density at radius 1 is 1.08 bits per heavy atom. The minimum Gasteiger partial charge on any atom is -0.493 e. The molecule has 0 amide bonds. The van der Waals surface area contributed by atoms with Crippen molar-refractivity contribution in [2.45, 2.75) is 32.6 Å². The van der Waals surface area contributed by atoms with Gasteiger partial charge in [-0.1, -0.05) is 6.07 Å². The van der Waals surface area contributed by atoms with Crippen LogP contribution in [0.4, 0.5) is 0 Å². The summed E-state index contributed by atoms with van der Waals surface area (Å²) in [4.78, 5) is 19.1.